The van der Waals surface area contributed by atoms with Crippen molar-refractivity contribution in [1.29, 1.82) is 5.26 Å². The Hall–Kier alpha value is -4.77. The molecule has 0 spiro atoms. The second kappa shape index (κ2) is 10.7. The summed E-state index contributed by atoms with van der Waals surface area (Å²) in [6, 6.07) is 20.6. The van der Waals surface area contributed by atoms with E-state index in [0.29, 0.717) is 51.5 Å². The summed E-state index contributed by atoms with van der Waals surface area (Å²) in [6.45, 7) is 0.363. The van der Waals surface area contributed by atoms with Gasteiger partial charge in [0.25, 0.3) is 0 Å². The molecular weight excluding hydrogens is 460 g/mol. The molecule has 0 aliphatic heterocycles. The van der Waals surface area contributed by atoms with Crippen LogP contribution in [0.1, 0.15) is 21.7 Å². The Morgan fingerprint density at radius 1 is 0.889 bits per heavy atom. The van der Waals surface area contributed by atoms with Crippen molar-refractivity contribution < 1.29 is 28.5 Å². The number of aromatic nitrogens is 1. The molecule has 0 saturated carbocycles. The van der Waals surface area contributed by atoms with Gasteiger partial charge in [-0.25, -0.2) is 9.78 Å². The maximum atomic E-state index is 12.8. The van der Waals surface area contributed by atoms with E-state index >= 15 is 0 Å². The van der Waals surface area contributed by atoms with E-state index in [1.807, 2.05) is 30.3 Å². The first-order valence-corrected chi connectivity index (χ1v) is 11.0. The van der Waals surface area contributed by atoms with E-state index in [1.54, 1.807) is 30.3 Å². The molecule has 0 bridgehead atoms. The van der Waals surface area contributed by atoms with Crippen molar-refractivity contribution in [2.75, 3.05) is 28.4 Å². The molecule has 182 valence electrons. The predicted molar refractivity (Wildman–Crippen MR) is 134 cm³/mol. The maximum Gasteiger partial charge on any atom is 0.357 e. The third-order valence-corrected chi connectivity index (χ3v) is 5.66. The van der Waals surface area contributed by atoms with Gasteiger partial charge in [-0.3, -0.25) is 0 Å². The molecule has 0 aliphatic rings. The highest BCUT2D eigenvalue weighted by molar-refractivity contribution is 6.08. The Morgan fingerprint density at radius 3 is 2.17 bits per heavy atom. The van der Waals surface area contributed by atoms with Gasteiger partial charge in [0.2, 0.25) is 5.75 Å². The second-order valence-corrected chi connectivity index (χ2v) is 7.68. The third kappa shape index (κ3) is 4.59. The van der Waals surface area contributed by atoms with Crippen LogP contribution in [0.15, 0.2) is 60.7 Å². The molecule has 36 heavy (non-hydrogen) atoms. The number of esters is 1. The molecule has 3 aromatic carbocycles. The Kier molecular flexibility index (Phi) is 7.21. The van der Waals surface area contributed by atoms with Gasteiger partial charge in [0.05, 0.1) is 28.4 Å². The number of benzene rings is 3. The number of nitrogens with zero attached hydrogens (tertiary/aromatic N) is 2. The van der Waals surface area contributed by atoms with Gasteiger partial charge in [-0.1, -0.05) is 30.3 Å². The minimum Gasteiger partial charge on any atom is -0.493 e. The summed E-state index contributed by atoms with van der Waals surface area (Å²) < 4.78 is 27.4. The molecule has 0 N–H and O–H groups in total. The minimum absolute atomic E-state index is 0.00576. The summed E-state index contributed by atoms with van der Waals surface area (Å²) in [4.78, 5) is 17.1. The molecule has 4 rings (SSSR count). The number of pyridine rings is 1. The Morgan fingerprint density at radius 2 is 1.58 bits per heavy atom. The van der Waals surface area contributed by atoms with Crippen LogP contribution >= 0.6 is 0 Å². The van der Waals surface area contributed by atoms with Crippen LogP contribution in [0, 0.1) is 11.3 Å². The molecule has 0 aliphatic carbocycles. The number of hydrogen-bond acceptors (Lipinski definition) is 8. The first-order valence-electron chi connectivity index (χ1n) is 11.0. The summed E-state index contributed by atoms with van der Waals surface area (Å²) in [6.07, 6.45) is 0. The zero-order valence-corrected chi connectivity index (χ0v) is 20.3. The number of hydrogen-bond donors (Lipinski definition) is 0. The number of methoxy groups -OCH3 is 4. The molecule has 0 radical (unpaired) electrons. The summed E-state index contributed by atoms with van der Waals surface area (Å²) >= 11 is 0. The number of ether oxygens (including phenoxy) is 5. The molecular formula is C28H24N2O6. The minimum atomic E-state index is -0.679. The van der Waals surface area contributed by atoms with Crippen LogP contribution < -0.4 is 18.9 Å². The number of carbonyl (C=O) groups excluding carboxylic acids is 1. The summed E-state index contributed by atoms with van der Waals surface area (Å²) in [7, 11) is 5.79. The lowest BCUT2D eigenvalue weighted by Crippen LogP contribution is -2.09. The maximum absolute atomic E-state index is 12.8. The van der Waals surface area contributed by atoms with Crippen LogP contribution in [0.25, 0.3) is 21.9 Å². The summed E-state index contributed by atoms with van der Waals surface area (Å²) in [5.41, 5.74) is 2.12. The Bertz CT molecular complexity index is 1440. The van der Waals surface area contributed by atoms with Crippen molar-refractivity contribution in [2.24, 2.45) is 0 Å². The van der Waals surface area contributed by atoms with Crippen LogP contribution in [-0.2, 0) is 11.3 Å². The lowest BCUT2D eigenvalue weighted by Gasteiger charge is -2.17. The molecule has 0 unspecified atom stereocenters. The Balaban J connectivity index is 1.94. The van der Waals surface area contributed by atoms with E-state index in [4.69, 9.17) is 23.7 Å². The van der Waals surface area contributed by atoms with Gasteiger partial charge in [0.1, 0.15) is 24.1 Å². The standard InChI is InChI=1S/C28H24N2O6/c1-32-23-12-18(13-24(33-2)27(23)34-3)25-20-11-10-19(36-16-17-8-6-5-7-9-17)14-21(20)22(15-29)30-26(25)28(31)35-4/h5-14H,16H2,1-4H3. The zero-order valence-electron chi connectivity index (χ0n) is 20.3. The van der Waals surface area contributed by atoms with E-state index < -0.39 is 5.97 Å². The smallest absolute Gasteiger partial charge is 0.357 e. The van der Waals surface area contributed by atoms with Crippen molar-refractivity contribution in [3.05, 3.63) is 77.6 Å². The van der Waals surface area contributed by atoms with Crippen molar-refractivity contribution >= 4 is 16.7 Å². The van der Waals surface area contributed by atoms with Crippen LogP contribution in [-0.4, -0.2) is 39.4 Å². The highest BCUT2D eigenvalue weighted by atomic mass is 16.5. The highest BCUT2D eigenvalue weighted by Gasteiger charge is 2.24. The van der Waals surface area contributed by atoms with Gasteiger partial charge in [0.15, 0.2) is 17.2 Å². The molecule has 0 saturated heterocycles. The Labute approximate surface area is 208 Å². The fourth-order valence-electron chi connectivity index (χ4n) is 3.97. The van der Waals surface area contributed by atoms with Gasteiger partial charge in [-0.05, 0) is 46.8 Å². The molecule has 8 heteroatoms. The molecule has 0 amide bonds. The fourth-order valence-corrected chi connectivity index (χ4v) is 3.97. The average molecular weight is 485 g/mol. The van der Waals surface area contributed by atoms with E-state index in [0.717, 1.165) is 5.56 Å². The van der Waals surface area contributed by atoms with Gasteiger partial charge < -0.3 is 23.7 Å². The summed E-state index contributed by atoms with van der Waals surface area (Å²) in [5, 5.41) is 11.0. The quantitative estimate of drug-likeness (QED) is 0.316. The fraction of sp³-hybridized carbons (Fsp3) is 0.179. The number of rotatable bonds is 8. The first-order chi connectivity index (χ1) is 17.5. The third-order valence-electron chi connectivity index (χ3n) is 5.66. The van der Waals surface area contributed by atoms with Crippen LogP contribution in [0.3, 0.4) is 0 Å². The second-order valence-electron chi connectivity index (χ2n) is 7.68. The van der Waals surface area contributed by atoms with Gasteiger partial charge in [-0.15, -0.1) is 0 Å². The number of fused-ring (bicyclic) bond motifs is 1. The molecule has 0 fully saturated rings. The van der Waals surface area contributed by atoms with Crippen molar-refractivity contribution in [3.8, 4) is 40.2 Å². The van der Waals surface area contributed by atoms with Crippen molar-refractivity contribution in [2.45, 2.75) is 6.61 Å². The molecule has 1 aromatic heterocycles. The van der Waals surface area contributed by atoms with Crippen LogP contribution in [0.5, 0.6) is 23.0 Å². The number of carbonyl (C=O) groups is 1. The predicted octanol–water partition coefficient (Wildman–Crippen LogP) is 5.16. The van der Waals surface area contributed by atoms with Crippen molar-refractivity contribution in [3.63, 3.8) is 0 Å². The first kappa shape index (κ1) is 24.4. The lowest BCUT2D eigenvalue weighted by molar-refractivity contribution is 0.0595. The monoisotopic (exact) mass is 484 g/mol. The van der Waals surface area contributed by atoms with E-state index in [9.17, 15) is 10.1 Å². The van der Waals surface area contributed by atoms with E-state index in [1.165, 1.54) is 28.4 Å². The van der Waals surface area contributed by atoms with Crippen molar-refractivity contribution in [1.82, 2.24) is 4.98 Å². The van der Waals surface area contributed by atoms with Crippen LogP contribution in [0.2, 0.25) is 0 Å². The summed E-state index contributed by atoms with van der Waals surface area (Å²) in [5.74, 6) is 1.10. The zero-order chi connectivity index (χ0) is 25.7. The SMILES string of the molecule is COC(=O)c1nc(C#N)c2cc(OCc3ccccc3)ccc2c1-c1cc(OC)c(OC)c(OC)c1. The van der Waals surface area contributed by atoms with Crippen LogP contribution in [0.4, 0.5) is 0 Å². The molecule has 8 nitrogen and oxygen atoms in total. The van der Waals surface area contributed by atoms with Gasteiger partial charge >= 0.3 is 5.97 Å². The molecule has 0 atom stereocenters. The molecule has 1 heterocycles. The highest BCUT2D eigenvalue weighted by Crippen LogP contribution is 2.44. The lowest BCUT2D eigenvalue weighted by atomic mass is 9.95. The molecule has 4 aromatic rings. The van der Waals surface area contributed by atoms with Gasteiger partial charge in [-0.2, -0.15) is 5.26 Å². The number of nitriles is 1. The van der Waals surface area contributed by atoms with E-state index in [2.05, 4.69) is 11.1 Å². The average Bonchev–Trinajstić information content (AvgIpc) is 2.94. The van der Waals surface area contributed by atoms with Gasteiger partial charge in [0, 0.05) is 10.9 Å². The van der Waals surface area contributed by atoms with E-state index in [-0.39, 0.29) is 11.4 Å². The topological polar surface area (TPSA) is 99.9 Å². The normalized spacial score (nSPS) is 10.4. The largest absolute Gasteiger partial charge is 0.493 e.